The summed E-state index contributed by atoms with van der Waals surface area (Å²) in [4.78, 5) is 11.6. The number of halogens is 3. The van der Waals surface area contributed by atoms with Crippen molar-refractivity contribution in [1.29, 1.82) is 0 Å². The first-order chi connectivity index (χ1) is 10.7. The zero-order valence-electron chi connectivity index (χ0n) is 11.6. The van der Waals surface area contributed by atoms with Crippen LogP contribution < -0.4 is 9.46 Å². The Morgan fingerprint density at radius 3 is 2.22 bits per heavy atom. The number of amides is 1. The van der Waals surface area contributed by atoms with Crippen molar-refractivity contribution in [2.24, 2.45) is 0 Å². The third-order valence-electron chi connectivity index (χ3n) is 2.59. The zero-order valence-corrected chi connectivity index (χ0v) is 12.5. The molecule has 1 amide bonds. The first kappa shape index (κ1) is 16.8. The Kier molecular flexibility index (Phi) is 4.60. The molecule has 0 unspecified atom stereocenters. The lowest BCUT2D eigenvalue weighted by Gasteiger charge is -2.09. The van der Waals surface area contributed by atoms with Crippen LogP contribution in [-0.4, -0.2) is 20.6 Å². The minimum absolute atomic E-state index is 0.0537. The summed E-state index contributed by atoms with van der Waals surface area (Å²) < 4.78 is 69.0. The maximum absolute atomic E-state index is 13.9. The number of carbonyl (C=O) groups is 1. The van der Waals surface area contributed by atoms with E-state index in [2.05, 4.69) is 0 Å². The lowest BCUT2D eigenvalue weighted by atomic mass is 10.2. The van der Waals surface area contributed by atoms with Gasteiger partial charge in [-0.3, -0.25) is 4.79 Å². The quantitative estimate of drug-likeness (QED) is 0.924. The van der Waals surface area contributed by atoms with Crippen molar-refractivity contribution in [3.63, 3.8) is 0 Å². The Morgan fingerprint density at radius 2 is 1.65 bits per heavy atom. The summed E-state index contributed by atoms with van der Waals surface area (Å²) in [5.41, 5.74) is -0.792. The lowest BCUT2D eigenvalue weighted by molar-refractivity contribution is 0.0977. The Bertz CT molecular complexity index is 851. The van der Waals surface area contributed by atoms with Gasteiger partial charge in [0.25, 0.3) is 5.91 Å². The van der Waals surface area contributed by atoms with Crippen molar-refractivity contribution < 1.29 is 31.1 Å². The second-order valence-corrected chi connectivity index (χ2v) is 6.27. The van der Waals surface area contributed by atoms with Gasteiger partial charge in [-0.25, -0.2) is 26.3 Å². The number of carbonyl (C=O) groups excluding carboxylic acids is 1. The molecule has 1 N–H and O–H groups in total. The van der Waals surface area contributed by atoms with Gasteiger partial charge in [-0.05, 0) is 30.3 Å². The van der Waals surface area contributed by atoms with E-state index in [1.54, 1.807) is 0 Å². The molecular weight excluding hydrogens is 335 g/mol. The first-order valence-electron chi connectivity index (χ1n) is 6.10. The van der Waals surface area contributed by atoms with Crippen LogP contribution in [0.4, 0.5) is 13.2 Å². The number of benzene rings is 2. The van der Waals surface area contributed by atoms with E-state index in [0.29, 0.717) is 18.4 Å². The van der Waals surface area contributed by atoms with E-state index in [-0.39, 0.29) is 5.75 Å². The van der Waals surface area contributed by atoms with Crippen molar-refractivity contribution in [3.05, 3.63) is 59.4 Å². The minimum atomic E-state index is -3.92. The standard InChI is InChI=1S/C14H10F3NO4S/c1-23(20,21)18-14(19)10-6-12(17)13(7-11(10)16)22-9-4-2-8(15)3-5-9/h2-7H,1H3,(H,18,19). The summed E-state index contributed by atoms with van der Waals surface area (Å²) in [6, 6.07) is 5.65. The van der Waals surface area contributed by atoms with Crippen LogP contribution in [0.15, 0.2) is 36.4 Å². The topological polar surface area (TPSA) is 72.5 Å². The van der Waals surface area contributed by atoms with Crippen LogP contribution >= 0.6 is 0 Å². The normalized spacial score (nSPS) is 11.1. The Labute approximate surface area is 129 Å². The number of ether oxygens (including phenoxy) is 1. The van der Waals surface area contributed by atoms with Gasteiger partial charge in [0.2, 0.25) is 10.0 Å². The van der Waals surface area contributed by atoms with Crippen LogP contribution in [0, 0.1) is 17.5 Å². The summed E-state index contributed by atoms with van der Waals surface area (Å²) in [6.07, 6.45) is 0.700. The van der Waals surface area contributed by atoms with Gasteiger partial charge in [-0.15, -0.1) is 0 Å². The summed E-state index contributed by atoms with van der Waals surface area (Å²) in [6.45, 7) is 0. The van der Waals surface area contributed by atoms with Gasteiger partial charge < -0.3 is 4.74 Å². The highest BCUT2D eigenvalue weighted by Gasteiger charge is 2.19. The maximum atomic E-state index is 13.9. The van der Waals surface area contributed by atoms with E-state index in [4.69, 9.17) is 4.74 Å². The van der Waals surface area contributed by atoms with Crippen LogP contribution in [0.3, 0.4) is 0 Å². The average molecular weight is 345 g/mol. The van der Waals surface area contributed by atoms with Gasteiger partial charge in [-0.1, -0.05) is 0 Å². The van der Waals surface area contributed by atoms with Crippen LogP contribution in [0.1, 0.15) is 10.4 Å². The van der Waals surface area contributed by atoms with Crippen LogP contribution in [0.25, 0.3) is 0 Å². The second-order valence-electron chi connectivity index (χ2n) is 4.52. The number of nitrogens with one attached hydrogen (secondary N) is 1. The molecule has 2 aromatic rings. The minimum Gasteiger partial charge on any atom is -0.454 e. The van der Waals surface area contributed by atoms with Crippen molar-refractivity contribution in [1.82, 2.24) is 4.72 Å². The van der Waals surface area contributed by atoms with Crippen molar-refractivity contribution in [2.45, 2.75) is 0 Å². The summed E-state index contributed by atoms with van der Waals surface area (Å²) >= 11 is 0. The van der Waals surface area contributed by atoms with Crippen LogP contribution in [0.2, 0.25) is 0 Å². The molecular formula is C14H10F3NO4S. The highest BCUT2D eigenvalue weighted by Crippen LogP contribution is 2.27. The first-order valence-corrected chi connectivity index (χ1v) is 7.99. The molecule has 0 saturated carbocycles. The molecule has 0 saturated heterocycles. The highest BCUT2D eigenvalue weighted by molar-refractivity contribution is 7.89. The average Bonchev–Trinajstić information content (AvgIpc) is 2.43. The van der Waals surface area contributed by atoms with E-state index in [9.17, 15) is 26.4 Å². The maximum Gasteiger partial charge on any atom is 0.267 e. The van der Waals surface area contributed by atoms with Crippen molar-refractivity contribution in [2.75, 3.05) is 6.26 Å². The van der Waals surface area contributed by atoms with Gasteiger partial charge in [0.15, 0.2) is 11.6 Å². The van der Waals surface area contributed by atoms with E-state index >= 15 is 0 Å². The van der Waals surface area contributed by atoms with Crippen LogP contribution in [-0.2, 0) is 10.0 Å². The van der Waals surface area contributed by atoms with E-state index < -0.39 is 44.7 Å². The van der Waals surface area contributed by atoms with Crippen LogP contribution in [0.5, 0.6) is 11.5 Å². The number of hydrogen-bond acceptors (Lipinski definition) is 4. The molecule has 2 rings (SSSR count). The van der Waals surface area contributed by atoms with Gasteiger partial charge in [-0.2, -0.15) is 0 Å². The number of sulfonamides is 1. The van der Waals surface area contributed by atoms with Gasteiger partial charge in [0.05, 0.1) is 11.8 Å². The Morgan fingerprint density at radius 1 is 1.04 bits per heavy atom. The highest BCUT2D eigenvalue weighted by atomic mass is 32.2. The molecule has 0 aliphatic rings. The van der Waals surface area contributed by atoms with E-state index in [1.807, 2.05) is 0 Å². The molecule has 0 bridgehead atoms. The molecule has 0 aliphatic carbocycles. The van der Waals surface area contributed by atoms with Crippen molar-refractivity contribution >= 4 is 15.9 Å². The van der Waals surface area contributed by atoms with Gasteiger partial charge in [0.1, 0.15) is 17.4 Å². The van der Waals surface area contributed by atoms with E-state index in [1.165, 1.54) is 16.9 Å². The zero-order chi connectivity index (χ0) is 17.2. The fourth-order valence-corrected chi connectivity index (χ4v) is 2.08. The number of rotatable bonds is 4. The molecule has 0 fully saturated rings. The summed E-state index contributed by atoms with van der Waals surface area (Å²) in [5, 5.41) is 0. The van der Waals surface area contributed by atoms with Gasteiger partial charge >= 0.3 is 0 Å². The monoisotopic (exact) mass is 345 g/mol. The Hall–Kier alpha value is -2.55. The molecule has 0 aliphatic heterocycles. The van der Waals surface area contributed by atoms with Crippen molar-refractivity contribution in [3.8, 4) is 11.5 Å². The second kappa shape index (κ2) is 6.29. The molecule has 9 heteroatoms. The fourth-order valence-electron chi connectivity index (χ4n) is 1.63. The largest absolute Gasteiger partial charge is 0.454 e. The molecule has 0 aromatic heterocycles. The fraction of sp³-hybridized carbons (Fsp3) is 0.0714. The molecule has 0 atom stereocenters. The molecule has 0 heterocycles. The SMILES string of the molecule is CS(=O)(=O)NC(=O)c1cc(F)c(Oc2ccc(F)cc2)cc1F. The summed E-state index contributed by atoms with van der Waals surface area (Å²) in [7, 11) is -3.92. The third kappa shape index (κ3) is 4.46. The molecule has 122 valence electrons. The third-order valence-corrected chi connectivity index (χ3v) is 3.14. The molecule has 23 heavy (non-hydrogen) atoms. The summed E-state index contributed by atoms with van der Waals surface area (Å²) in [5.74, 6) is -4.59. The van der Waals surface area contributed by atoms with E-state index in [0.717, 1.165) is 12.1 Å². The predicted octanol–water partition coefficient (Wildman–Crippen LogP) is 2.59. The number of hydrogen-bond donors (Lipinski definition) is 1. The molecule has 5 nitrogen and oxygen atoms in total. The molecule has 0 spiro atoms. The molecule has 0 radical (unpaired) electrons. The smallest absolute Gasteiger partial charge is 0.267 e. The Balaban J connectivity index is 2.30. The predicted molar refractivity (Wildman–Crippen MR) is 75.1 cm³/mol. The molecule has 2 aromatic carbocycles. The lowest BCUT2D eigenvalue weighted by Crippen LogP contribution is -2.30. The van der Waals surface area contributed by atoms with Gasteiger partial charge in [0, 0.05) is 6.07 Å².